The van der Waals surface area contributed by atoms with Crippen molar-refractivity contribution in [1.29, 1.82) is 0 Å². The molecule has 0 spiro atoms. The number of hydrogen-bond donors (Lipinski definition) is 1. The van der Waals surface area contributed by atoms with Gasteiger partial charge in [-0.25, -0.2) is 4.39 Å². The number of halogens is 1. The van der Waals surface area contributed by atoms with Gasteiger partial charge < -0.3 is 10.1 Å². The van der Waals surface area contributed by atoms with Crippen LogP contribution in [0, 0.1) is 11.7 Å². The molecular formula is C19H26FNO3. The Morgan fingerprint density at radius 1 is 1.29 bits per heavy atom. The number of ether oxygens (including phenoxy) is 1. The van der Waals surface area contributed by atoms with Gasteiger partial charge in [-0.2, -0.15) is 0 Å². The van der Waals surface area contributed by atoms with Gasteiger partial charge in [0.2, 0.25) is 5.91 Å². The molecule has 1 aromatic carbocycles. The minimum atomic E-state index is -0.507. The molecule has 1 saturated carbocycles. The quantitative estimate of drug-likeness (QED) is 0.777. The van der Waals surface area contributed by atoms with Crippen LogP contribution in [0.4, 0.5) is 4.39 Å². The Balaban J connectivity index is 1.99. The van der Waals surface area contributed by atoms with Crippen LogP contribution in [-0.2, 0) is 20.7 Å². The molecule has 0 unspecified atom stereocenters. The van der Waals surface area contributed by atoms with Crippen molar-refractivity contribution in [3.05, 3.63) is 35.6 Å². The first-order valence-corrected chi connectivity index (χ1v) is 8.67. The molecule has 1 fully saturated rings. The van der Waals surface area contributed by atoms with Crippen molar-refractivity contribution in [2.24, 2.45) is 5.92 Å². The van der Waals surface area contributed by atoms with Crippen LogP contribution in [0.3, 0.4) is 0 Å². The van der Waals surface area contributed by atoms with Gasteiger partial charge in [0.25, 0.3) is 0 Å². The summed E-state index contributed by atoms with van der Waals surface area (Å²) in [6.45, 7) is 3.90. The maximum absolute atomic E-state index is 13.8. The van der Waals surface area contributed by atoms with Gasteiger partial charge in [-0.05, 0) is 37.8 Å². The maximum atomic E-state index is 13.8. The third-order valence-electron chi connectivity index (χ3n) is 4.67. The molecule has 0 bridgehead atoms. The van der Waals surface area contributed by atoms with Gasteiger partial charge in [0.15, 0.2) is 0 Å². The Kier molecular flexibility index (Phi) is 6.35. The fourth-order valence-corrected chi connectivity index (χ4v) is 3.36. The molecule has 0 saturated heterocycles. The highest BCUT2D eigenvalue weighted by atomic mass is 19.1. The summed E-state index contributed by atoms with van der Waals surface area (Å²) in [6, 6.07) is 6.50. The van der Waals surface area contributed by atoms with Gasteiger partial charge in [-0.15, -0.1) is 0 Å². The van der Waals surface area contributed by atoms with Crippen LogP contribution in [0.25, 0.3) is 0 Å². The summed E-state index contributed by atoms with van der Waals surface area (Å²) in [7, 11) is 0. The summed E-state index contributed by atoms with van der Waals surface area (Å²) in [4.78, 5) is 24.4. The lowest BCUT2D eigenvalue weighted by Crippen LogP contribution is -2.50. The molecule has 132 valence electrons. The van der Waals surface area contributed by atoms with E-state index in [9.17, 15) is 14.0 Å². The molecule has 4 nitrogen and oxygen atoms in total. The average molecular weight is 335 g/mol. The Bertz CT molecular complexity index is 582. The Morgan fingerprint density at radius 3 is 2.58 bits per heavy atom. The molecule has 1 aliphatic rings. The van der Waals surface area contributed by atoms with Gasteiger partial charge in [0, 0.05) is 5.92 Å². The summed E-state index contributed by atoms with van der Waals surface area (Å²) in [5.41, 5.74) is 0.0262. The van der Waals surface area contributed by atoms with E-state index in [2.05, 4.69) is 5.32 Å². The molecule has 0 radical (unpaired) electrons. The van der Waals surface area contributed by atoms with Crippen molar-refractivity contribution in [2.75, 3.05) is 6.61 Å². The first-order chi connectivity index (χ1) is 11.5. The average Bonchev–Trinajstić information content (AvgIpc) is 2.97. The monoisotopic (exact) mass is 335 g/mol. The Hall–Kier alpha value is -1.91. The summed E-state index contributed by atoms with van der Waals surface area (Å²) < 4.78 is 18.8. The summed E-state index contributed by atoms with van der Waals surface area (Å²) >= 11 is 0. The van der Waals surface area contributed by atoms with Crippen molar-refractivity contribution in [2.45, 2.75) is 57.9 Å². The van der Waals surface area contributed by atoms with E-state index in [0.717, 1.165) is 25.7 Å². The van der Waals surface area contributed by atoms with E-state index in [1.165, 1.54) is 6.07 Å². The van der Waals surface area contributed by atoms with Crippen molar-refractivity contribution in [3.8, 4) is 0 Å². The number of esters is 1. The van der Waals surface area contributed by atoms with Crippen molar-refractivity contribution in [1.82, 2.24) is 5.32 Å². The van der Waals surface area contributed by atoms with Crippen molar-refractivity contribution >= 4 is 11.9 Å². The lowest BCUT2D eigenvalue weighted by molar-refractivity contribution is -0.145. The number of carbonyl (C=O) groups excluding carboxylic acids is 2. The first-order valence-electron chi connectivity index (χ1n) is 8.67. The van der Waals surface area contributed by atoms with Gasteiger partial charge in [0.1, 0.15) is 5.82 Å². The maximum Gasteiger partial charge on any atom is 0.308 e. The molecule has 1 amide bonds. The minimum absolute atomic E-state index is 0.135. The highest BCUT2D eigenvalue weighted by molar-refractivity contribution is 5.81. The second kappa shape index (κ2) is 8.27. The summed E-state index contributed by atoms with van der Waals surface area (Å²) in [5.74, 6) is -1.06. The van der Waals surface area contributed by atoms with E-state index in [1.54, 1.807) is 32.0 Å². The highest BCUT2D eigenvalue weighted by Crippen LogP contribution is 2.33. The smallest absolute Gasteiger partial charge is 0.308 e. The Labute approximate surface area is 142 Å². The first kappa shape index (κ1) is 18.4. The van der Waals surface area contributed by atoms with Crippen molar-refractivity contribution < 1.29 is 18.7 Å². The van der Waals surface area contributed by atoms with Crippen LogP contribution >= 0.6 is 0 Å². The van der Waals surface area contributed by atoms with E-state index in [-0.39, 0.29) is 30.0 Å². The zero-order valence-electron chi connectivity index (χ0n) is 14.4. The standard InChI is InChI=1S/C19H26FNO3/c1-3-24-17(22)13-19(10-6-7-11-19)21-18(23)14(2)12-15-8-4-5-9-16(15)20/h4-5,8-9,14H,3,6-7,10-13H2,1-2H3,(H,21,23)/t14-/m1/s1. The normalized spacial score (nSPS) is 17.3. The lowest BCUT2D eigenvalue weighted by atomic mass is 9.91. The van der Waals surface area contributed by atoms with Crippen LogP contribution in [0.2, 0.25) is 0 Å². The molecular weight excluding hydrogens is 309 g/mol. The van der Waals surface area contributed by atoms with Gasteiger partial charge >= 0.3 is 5.97 Å². The lowest BCUT2D eigenvalue weighted by Gasteiger charge is -2.31. The van der Waals surface area contributed by atoms with Gasteiger partial charge in [-0.1, -0.05) is 38.0 Å². The number of hydrogen-bond acceptors (Lipinski definition) is 3. The van der Waals surface area contributed by atoms with E-state index in [4.69, 9.17) is 4.74 Å². The van der Waals surface area contributed by atoms with E-state index in [0.29, 0.717) is 18.6 Å². The molecule has 1 N–H and O–H groups in total. The molecule has 1 aliphatic carbocycles. The van der Waals surface area contributed by atoms with Gasteiger partial charge in [-0.3, -0.25) is 9.59 Å². The largest absolute Gasteiger partial charge is 0.466 e. The molecule has 1 atom stereocenters. The van der Waals surface area contributed by atoms with Crippen LogP contribution in [0.5, 0.6) is 0 Å². The third kappa shape index (κ3) is 4.79. The zero-order valence-corrected chi connectivity index (χ0v) is 14.4. The number of amides is 1. The SMILES string of the molecule is CCOC(=O)CC1(NC(=O)[C@H](C)Cc2ccccc2F)CCCC1. The van der Waals surface area contributed by atoms with E-state index < -0.39 is 5.54 Å². The minimum Gasteiger partial charge on any atom is -0.466 e. The number of nitrogens with one attached hydrogen (secondary N) is 1. The third-order valence-corrected chi connectivity index (χ3v) is 4.67. The fourth-order valence-electron chi connectivity index (χ4n) is 3.36. The molecule has 2 rings (SSSR count). The second-order valence-electron chi connectivity index (χ2n) is 6.66. The predicted molar refractivity (Wildman–Crippen MR) is 89.9 cm³/mol. The summed E-state index contributed by atoms with van der Waals surface area (Å²) in [5, 5.41) is 3.06. The van der Waals surface area contributed by atoms with E-state index in [1.807, 2.05) is 0 Å². The predicted octanol–water partition coefficient (Wildman–Crippen LogP) is 3.39. The molecule has 0 aromatic heterocycles. The number of benzene rings is 1. The second-order valence-corrected chi connectivity index (χ2v) is 6.66. The molecule has 5 heteroatoms. The van der Waals surface area contributed by atoms with Crippen LogP contribution < -0.4 is 5.32 Å². The summed E-state index contributed by atoms with van der Waals surface area (Å²) in [6.07, 6.45) is 4.09. The van der Waals surface area contributed by atoms with Crippen molar-refractivity contribution in [3.63, 3.8) is 0 Å². The van der Waals surface area contributed by atoms with Crippen LogP contribution in [-0.4, -0.2) is 24.0 Å². The number of rotatable bonds is 7. The molecule has 24 heavy (non-hydrogen) atoms. The fraction of sp³-hybridized carbons (Fsp3) is 0.579. The van der Waals surface area contributed by atoms with E-state index >= 15 is 0 Å². The Morgan fingerprint density at radius 2 is 1.96 bits per heavy atom. The molecule has 1 aromatic rings. The van der Waals surface area contributed by atoms with Crippen LogP contribution in [0.15, 0.2) is 24.3 Å². The molecule has 0 aliphatic heterocycles. The van der Waals surface area contributed by atoms with Crippen LogP contribution in [0.1, 0.15) is 51.5 Å². The topological polar surface area (TPSA) is 55.4 Å². The molecule has 0 heterocycles. The van der Waals surface area contributed by atoms with Gasteiger partial charge in [0.05, 0.1) is 18.6 Å². The zero-order chi connectivity index (χ0) is 17.6. The highest BCUT2D eigenvalue weighted by Gasteiger charge is 2.38. The number of carbonyl (C=O) groups is 2.